The molecule has 1 saturated carbocycles. The minimum atomic E-state index is 0.0850. The van der Waals surface area contributed by atoms with Crippen LogP contribution >= 0.6 is 0 Å². The average molecular weight is 369 g/mol. The van der Waals surface area contributed by atoms with E-state index >= 15 is 0 Å². The van der Waals surface area contributed by atoms with Gasteiger partial charge in [-0.1, -0.05) is 30.3 Å². The molecule has 0 saturated heterocycles. The highest BCUT2D eigenvalue weighted by atomic mass is 16.5. The second kappa shape index (κ2) is 9.90. The van der Waals surface area contributed by atoms with Gasteiger partial charge in [-0.2, -0.15) is 0 Å². The normalized spacial score (nSPS) is 19.3. The number of hydrogen-bond acceptors (Lipinski definition) is 5. The van der Waals surface area contributed by atoms with E-state index < -0.39 is 0 Å². The fraction of sp³-hybridized carbons (Fsp3) is 0.476. The molecule has 1 amide bonds. The Bertz CT molecular complexity index is 716. The highest BCUT2D eigenvalue weighted by Crippen LogP contribution is 2.27. The van der Waals surface area contributed by atoms with Crippen LogP contribution in [0.1, 0.15) is 44.1 Å². The van der Waals surface area contributed by atoms with Crippen molar-refractivity contribution in [3.8, 4) is 11.8 Å². The van der Waals surface area contributed by atoms with Crippen molar-refractivity contribution < 1.29 is 14.3 Å². The number of aryl methyl sites for hydroxylation is 1. The predicted molar refractivity (Wildman–Crippen MR) is 103 cm³/mol. The second-order valence-electron chi connectivity index (χ2n) is 6.87. The summed E-state index contributed by atoms with van der Waals surface area (Å²) < 4.78 is 11.1. The van der Waals surface area contributed by atoms with Crippen molar-refractivity contribution >= 4 is 5.91 Å². The maximum Gasteiger partial charge on any atom is 0.278 e. The van der Waals surface area contributed by atoms with Gasteiger partial charge in [0.15, 0.2) is 0 Å². The first kappa shape index (κ1) is 19.1. The number of aromatic nitrogens is 2. The summed E-state index contributed by atoms with van der Waals surface area (Å²) in [5.41, 5.74) is 1.28. The van der Waals surface area contributed by atoms with Crippen LogP contribution in [0.15, 0.2) is 42.7 Å². The zero-order valence-electron chi connectivity index (χ0n) is 15.8. The molecule has 0 unspecified atom stereocenters. The molecule has 0 bridgehead atoms. The number of nitrogens with one attached hydrogen (secondary N) is 1. The lowest BCUT2D eigenvalue weighted by atomic mass is 9.92. The van der Waals surface area contributed by atoms with E-state index in [9.17, 15) is 4.79 Å². The molecule has 1 N–H and O–H groups in total. The lowest BCUT2D eigenvalue weighted by Crippen LogP contribution is -2.39. The number of amides is 1. The molecule has 0 radical (unpaired) electrons. The molecule has 6 heteroatoms. The highest BCUT2D eigenvalue weighted by molar-refractivity contribution is 5.76. The minimum absolute atomic E-state index is 0.0850. The van der Waals surface area contributed by atoms with E-state index in [2.05, 4.69) is 27.4 Å². The number of methoxy groups -OCH3 is 1. The molecule has 1 aromatic heterocycles. The third-order valence-corrected chi connectivity index (χ3v) is 4.86. The first-order valence-electron chi connectivity index (χ1n) is 9.59. The zero-order valence-corrected chi connectivity index (χ0v) is 15.8. The van der Waals surface area contributed by atoms with Gasteiger partial charge in [0.05, 0.1) is 7.11 Å². The van der Waals surface area contributed by atoms with Crippen molar-refractivity contribution in [2.24, 2.45) is 0 Å². The van der Waals surface area contributed by atoms with Crippen LogP contribution in [0.4, 0.5) is 0 Å². The molecular weight excluding hydrogens is 342 g/mol. The summed E-state index contributed by atoms with van der Waals surface area (Å²) in [5.74, 6) is 0.991. The summed E-state index contributed by atoms with van der Waals surface area (Å²) in [5, 5.41) is 3.16. The van der Waals surface area contributed by atoms with Gasteiger partial charge >= 0.3 is 0 Å². The number of carbonyl (C=O) groups excluding carboxylic acids is 1. The molecule has 1 fully saturated rings. The van der Waals surface area contributed by atoms with Crippen molar-refractivity contribution in [2.75, 3.05) is 7.11 Å². The predicted octanol–water partition coefficient (Wildman–Crippen LogP) is 3.31. The number of ether oxygens (including phenoxy) is 2. The Morgan fingerprint density at radius 1 is 1.07 bits per heavy atom. The Kier molecular flexibility index (Phi) is 7.02. The van der Waals surface area contributed by atoms with E-state index in [1.54, 1.807) is 19.5 Å². The second-order valence-corrected chi connectivity index (χ2v) is 6.87. The summed E-state index contributed by atoms with van der Waals surface area (Å²) in [6, 6.07) is 10.5. The van der Waals surface area contributed by atoms with Crippen LogP contribution in [-0.2, 0) is 11.2 Å². The number of hydrogen-bond donors (Lipinski definition) is 1. The van der Waals surface area contributed by atoms with Crippen LogP contribution in [0, 0.1) is 0 Å². The zero-order chi connectivity index (χ0) is 18.9. The third kappa shape index (κ3) is 5.94. The molecule has 144 valence electrons. The summed E-state index contributed by atoms with van der Waals surface area (Å²) >= 11 is 0. The molecule has 1 heterocycles. The third-order valence-electron chi connectivity index (χ3n) is 4.86. The van der Waals surface area contributed by atoms with Crippen LogP contribution in [0.25, 0.3) is 0 Å². The number of rotatable bonds is 8. The topological polar surface area (TPSA) is 73.3 Å². The van der Waals surface area contributed by atoms with E-state index in [1.165, 1.54) is 5.56 Å². The fourth-order valence-electron chi connectivity index (χ4n) is 3.41. The van der Waals surface area contributed by atoms with E-state index in [0.717, 1.165) is 38.5 Å². The van der Waals surface area contributed by atoms with Gasteiger partial charge in [0, 0.05) is 24.9 Å². The Hall–Kier alpha value is -2.63. The number of benzene rings is 1. The Morgan fingerprint density at radius 3 is 2.48 bits per heavy atom. The van der Waals surface area contributed by atoms with Crippen LogP contribution in [0.3, 0.4) is 0 Å². The lowest BCUT2D eigenvalue weighted by Gasteiger charge is -2.29. The Labute approximate surface area is 160 Å². The first-order chi connectivity index (χ1) is 13.2. The smallest absolute Gasteiger partial charge is 0.278 e. The molecule has 1 aliphatic rings. The van der Waals surface area contributed by atoms with Gasteiger partial charge in [-0.15, -0.1) is 0 Å². The van der Waals surface area contributed by atoms with Crippen LogP contribution in [-0.4, -0.2) is 35.1 Å². The molecule has 3 rings (SSSR count). The molecular formula is C21H27N3O3. The molecule has 2 aromatic rings. The summed E-state index contributed by atoms with van der Waals surface area (Å²) in [6.45, 7) is 0. The SMILES string of the molecule is COc1nccnc1OC1CCC(NC(=O)CCCc2ccccc2)CC1. The maximum atomic E-state index is 12.2. The van der Waals surface area contributed by atoms with Gasteiger partial charge < -0.3 is 14.8 Å². The molecule has 0 spiro atoms. The Morgan fingerprint density at radius 2 is 1.78 bits per heavy atom. The number of carbonyl (C=O) groups is 1. The summed E-state index contributed by atoms with van der Waals surface area (Å²) in [4.78, 5) is 20.5. The van der Waals surface area contributed by atoms with E-state index in [0.29, 0.717) is 18.2 Å². The van der Waals surface area contributed by atoms with Crippen molar-refractivity contribution in [1.82, 2.24) is 15.3 Å². The van der Waals surface area contributed by atoms with Gasteiger partial charge in [0.25, 0.3) is 11.8 Å². The fourth-order valence-corrected chi connectivity index (χ4v) is 3.41. The van der Waals surface area contributed by atoms with Crippen molar-refractivity contribution in [3.05, 3.63) is 48.3 Å². The lowest BCUT2D eigenvalue weighted by molar-refractivity contribution is -0.122. The highest BCUT2D eigenvalue weighted by Gasteiger charge is 2.24. The minimum Gasteiger partial charge on any atom is -0.477 e. The maximum absolute atomic E-state index is 12.2. The average Bonchev–Trinajstić information content (AvgIpc) is 2.71. The molecule has 27 heavy (non-hydrogen) atoms. The molecule has 1 aromatic carbocycles. The van der Waals surface area contributed by atoms with Gasteiger partial charge in [-0.05, 0) is 44.1 Å². The Balaban J connectivity index is 1.36. The van der Waals surface area contributed by atoms with Gasteiger partial charge in [0.2, 0.25) is 5.91 Å². The van der Waals surface area contributed by atoms with Crippen LogP contribution in [0.2, 0.25) is 0 Å². The van der Waals surface area contributed by atoms with Gasteiger partial charge in [-0.3, -0.25) is 4.79 Å². The van der Waals surface area contributed by atoms with E-state index in [-0.39, 0.29) is 18.1 Å². The largest absolute Gasteiger partial charge is 0.477 e. The van der Waals surface area contributed by atoms with Crippen molar-refractivity contribution in [1.29, 1.82) is 0 Å². The van der Waals surface area contributed by atoms with Crippen molar-refractivity contribution in [2.45, 2.75) is 57.1 Å². The standard InChI is InChI=1S/C21H27N3O3/c1-26-20-21(23-15-14-22-20)27-18-12-10-17(11-13-18)24-19(25)9-5-8-16-6-3-2-4-7-16/h2-4,6-7,14-15,17-18H,5,8-13H2,1H3,(H,24,25). The van der Waals surface area contributed by atoms with Gasteiger partial charge in [0.1, 0.15) is 6.10 Å². The monoisotopic (exact) mass is 369 g/mol. The molecule has 0 atom stereocenters. The molecule has 6 nitrogen and oxygen atoms in total. The first-order valence-corrected chi connectivity index (χ1v) is 9.59. The van der Waals surface area contributed by atoms with E-state index in [1.807, 2.05) is 18.2 Å². The number of nitrogens with zero attached hydrogens (tertiary/aromatic N) is 2. The quantitative estimate of drug-likeness (QED) is 0.773. The van der Waals surface area contributed by atoms with Crippen LogP contribution < -0.4 is 14.8 Å². The molecule has 0 aliphatic heterocycles. The van der Waals surface area contributed by atoms with Gasteiger partial charge in [-0.25, -0.2) is 9.97 Å². The summed E-state index contributed by atoms with van der Waals surface area (Å²) in [6.07, 6.45) is 9.24. The van der Waals surface area contributed by atoms with E-state index in [4.69, 9.17) is 9.47 Å². The summed E-state index contributed by atoms with van der Waals surface area (Å²) in [7, 11) is 1.56. The van der Waals surface area contributed by atoms with Crippen molar-refractivity contribution in [3.63, 3.8) is 0 Å². The van der Waals surface area contributed by atoms with Crippen LogP contribution in [0.5, 0.6) is 11.8 Å². The molecule has 1 aliphatic carbocycles.